The van der Waals surface area contributed by atoms with E-state index in [2.05, 4.69) is 16.9 Å². The summed E-state index contributed by atoms with van der Waals surface area (Å²) in [4.78, 5) is 20.2. The summed E-state index contributed by atoms with van der Waals surface area (Å²) in [7, 11) is 2.10. The zero-order chi connectivity index (χ0) is 13.4. The molecule has 0 radical (unpaired) electrons. The Bertz CT molecular complexity index is 609. The quantitative estimate of drug-likeness (QED) is 0.847. The molecule has 0 saturated carbocycles. The highest BCUT2D eigenvalue weighted by molar-refractivity contribution is 6.08. The van der Waals surface area contributed by atoms with Gasteiger partial charge in [-0.15, -0.1) is 0 Å². The Morgan fingerprint density at radius 2 is 1.84 bits per heavy atom. The minimum Gasteiger partial charge on any atom is -0.358 e. The van der Waals surface area contributed by atoms with Crippen molar-refractivity contribution in [2.75, 3.05) is 33.2 Å². The largest absolute Gasteiger partial charge is 0.358 e. The summed E-state index contributed by atoms with van der Waals surface area (Å²) in [5.74, 6) is 0.156. The number of hydrogen-bond acceptors (Lipinski definition) is 2. The lowest BCUT2D eigenvalue weighted by Gasteiger charge is -2.32. The Labute approximate surface area is 113 Å². The standard InChI is InChI=1S/C15H19N3O/c1-11-14(12-5-3-4-6-13(12)16-11)15(19)18-9-7-17(2)8-10-18/h3-6,16H,7-10H2,1-2H3. The number of H-pyrrole nitrogens is 1. The van der Waals surface area contributed by atoms with Crippen LogP contribution in [0.1, 0.15) is 16.1 Å². The van der Waals surface area contributed by atoms with Crippen LogP contribution < -0.4 is 0 Å². The summed E-state index contributed by atoms with van der Waals surface area (Å²) in [6, 6.07) is 8.00. The first-order valence-corrected chi connectivity index (χ1v) is 6.72. The molecule has 0 aliphatic carbocycles. The molecule has 4 nitrogen and oxygen atoms in total. The Kier molecular flexibility index (Phi) is 3.03. The van der Waals surface area contributed by atoms with Crippen LogP contribution in [0, 0.1) is 6.92 Å². The fourth-order valence-corrected chi connectivity index (χ4v) is 2.72. The fourth-order valence-electron chi connectivity index (χ4n) is 2.72. The normalized spacial score (nSPS) is 17.1. The van der Waals surface area contributed by atoms with Gasteiger partial charge in [-0.05, 0) is 20.0 Å². The maximum Gasteiger partial charge on any atom is 0.256 e. The van der Waals surface area contributed by atoms with E-state index in [0.717, 1.165) is 48.3 Å². The highest BCUT2D eigenvalue weighted by Crippen LogP contribution is 2.23. The second kappa shape index (κ2) is 4.70. The predicted octanol–water partition coefficient (Wildman–Crippen LogP) is 1.86. The number of nitrogens with zero attached hydrogens (tertiary/aromatic N) is 2. The van der Waals surface area contributed by atoms with Crippen LogP contribution in [0.5, 0.6) is 0 Å². The predicted molar refractivity (Wildman–Crippen MR) is 76.4 cm³/mol. The van der Waals surface area contributed by atoms with Gasteiger partial charge < -0.3 is 14.8 Å². The molecule has 0 atom stereocenters. The van der Waals surface area contributed by atoms with Gasteiger partial charge in [-0.1, -0.05) is 18.2 Å². The fraction of sp³-hybridized carbons (Fsp3) is 0.400. The van der Waals surface area contributed by atoms with E-state index in [0.29, 0.717) is 0 Å². The average molecular weight is 257 g/mol. The number of nitrogens with one attached hydrogen (secondary N) is 1. The smallest absolute Gasteiger partial charge is 0.256 e. The first kappa shape index (κ1) is 12.2. The van der Waals surface area contributed by atoms with E-state index < -0.39 is 0 Å². The molecule has 1 aliphatic heterocycles. The zero-order valence-electron chi connectivity index (χ0n) is 11.4. The molecule has 0 bridgehead atoms. The van der Waals surface area contributed by atoms with Gasteiger partial charge in [0.2, 0.25) is 0 Å². The second-order valence-electron chi connectivity index (χ2n) is 5.27. The summed E-state index contributed by atoms with van der Waals surface area (Å²) in [5.41, 5.74) is 2.84. The number of aryl methyl sites for hydroxylation is 1. The lowest BCUT2D eigenvalue weighted by molar-refractivity contribution is 0.0665. The summed E-state index contributed by atoms with van der Waals surface area (Å²) < 4.78 is 0. The van der Waals surface area contributed by atoms with Crippen molar-refractivity contribution in [3.05, 3.63) is 35.5 Å². The van der Waals surface area contributed by atoms with Crippen LogP contribution in [-0.4, -0.2) is 53.9 Å². The van der Waals surface area contributed by atoms with E-state index in [1.165, 1.54) is 0 Å². The van der Waals surface area contributed by atoms with Gasteiger partial charge >= 0.3 is 0 Å². The average Bonchev–Trinajstić information content (AvgIpc) is 2.74. The molecular formula is C15H19N3O. The molecule has 1 amide bonds. The van der Waals surface area contributed by atoms with Crippen molar-refractivity contribution in [2.45, 2.75) is 6.92 Å². The molecule has 1 aliphatic rings. The lowest BCUT2D eigenvalue weighted by Crippen LogP contribution is -2.47. The molecule has 1 aromatic carbocycles. The van der Waals surface area contributed by atoms with E-state index in [1.54, 1.807) is 0 Å². The Morgan fingerprint density at radius 1 is 1.16 bits per heavy atom. The summed E-state index contributed by atoms with van der Waals surface area (Å²) in [5, 5.41) is 1.03. The van der Waals surface area contributed by atoms with Crippen molar-refractivity contribution < 1.29 is 4.79 Å². The van der Waals surface area contributed by atoms with Gasteiger partial charge in [0.05, 0.1) is 5.56 Å². The van der Waals surface area contributed by atoms with Crippen LogP contribution in [0.3, 0.4) is 0 Å². The highest BCUT2D eigenvalue weighted by atomic mass is 16.2. The van der Waals surface area contributed by atoms with Gasteiger partial charge in [-0.3, -0.25) is 4.79 Å². The van der Waals surface area contributed by atoms with Crippen LogP contribution in [-0.2, 0) is 0 Å². The van der Waals surface area contributed by atoms with Gasteiger partial charge in [0, 0.05) is 42.8 Å². The third kappa shape index (κ3) is 2.12. The van der Waals surface area contributed by atoms with E-state index in [9.17, 15) is 4.79 Å². The van der Waals surface area contributed by atoms with E-state index in [1.807, 2.05) is 36.1 Å². The van der Waals surface area contributed by atoms with Crippen LogP contribution in [0.25, 0.3) is 10.9 Å². The molecule has 1 N–H and O–H groups in total. The first-order chi connectivity index (χ1) is 9.16. The minimum atomic E-state index is 0.156. The monoisotopic (exact) mass is 257 g/mol. The second-order valence-corrected chi connectivity index (χ2v) is 5.27. The number of likely N-dealkylation sites (N-methyl/N-ethyl adjacent to an activating group) is 1. The third-order valence-corrected chi connectivity index (χ3v) is 3.90. The molecule has 0 unspecified atom stereocenters. The van der Waals surface area contributed by atoms with Crippen molar-refractivity contribution in [2.24, 2.45) is 0 Å². The van der Waals surface area contributed by atoms with Crippen molar-refractivity contribution >= 4 is 16.8 Å². The van der Waals surface area contributed by atoms with Gasteiger partial charge in [-0.2, -0.15) is 0 Å². The molecule has 0 spiro atoms. The van der Waals surface area contributed by atoms with Gasteiger partial charge in [0.15, 0.2) is 0 Å². The number of piperazine rings is 1. The Morgan fingerprint density at radius 3 is 2.58 bits per heavy atom. The van der Waals surface area contributed by atoms with Gasteiger partial charge in [0.1, 0.15) is 0 Å². The topological polar surface area (TPSA) is 39.3 Å². The van der Waals surface area contributed by atoms with Crippen molar-refractivity contribution in [3.8, 4) is 0 Å². The number of carbonyl (C=O) groups excluding carboxylic acids is 1. The molecular weight excluding hydrogens is 238 g/mol. The first-order valence-electron chi connectivity index (χ1n) is 6.72. The number of rotatable bonds is 1. The molecule has 19 heavy (non-hydrogen) atoms. The van der Waals surface area contributed by atoms with E-state index in [-0.39, 0.29) is 5.91 Å². The maximum atomic E-state index is 12.7. The highest BCUT2D eigenvalue weighted by Gasteiger charge is 2.24. The number of amides is 1. The van der Waals surface area contributed by atoms with E-state index in [4.69, 9.17) is 0 Å². The lowest BCUT2D eigenvalue weighted by atomic mass is 10.1. The summed E-state index contributed by atoms with van der Waals surface area (Å²) in [6.07, 6.45) is 0. The number of aromatic nitrogens is 1. The SMILES string of the molecule is Cc1[nH]c2ccccc2c1C(=O)N1CCN(C)CC1. The van der Waals surface area contributed by atoms with E-state index >= 15 is 0 Å². The number of benzene rings is 1. The number of fused-ring (bicyclic) bond motifs is 1. The van der Waals surface area contributed by atoms with Crippen molar-refractivity contribution in [3.63, 3.8) is 0 Å². The molecule has 2 heterocycles. The molecule has 1 aromatic heterocycles. The van der Waals surface area contributed by atoms with Crippen LogP contribution in [0.15, 0.2) is 24.3 Å². The number of hydrogen-bond donors (Lipinski definition) is 1. The number of carbonyl (C=O) groups is 1. The summed E-state index contributed by atoms with van der Waals surface area (Å²) in [6.45, 7) is 5.51. The number of para-hydroxylation sites is 1. The molecule has 1 fully saturated rings. The third-order valence-electron chi connectivity index (χ3n) is 3.90. The van der Waals surface area contributed by atoms with Crippen LogP contribution in [0.2, 0.25) is 0 Å². The molecule has 1 saturated heterocycles. The van der Waals surface area contributed by atoms with Crippen LogP contribution in [0.4, 0.5) is 0 Å². The zero-order valence-corrected chi connectivity index (χ0v) is 11.4. The van der Waals surface area contributed by atoms with Gasteiger partial charge in [0.25, 0.3) is 5.91 Å². The van der Waals surface area contributed by atoms with Crippen LogP contribution >= 0.6 is 0 Å². The number of aromatic amines is 1. The molecule has 100 valence electrons. The van der Waals surface area contributed by atoms with Crippen molar-refractivity contribution in [1.29, 1.82) is 0 Å². The molecule has 4 heteroatoms. The van der Waals surface area contributed by atoms with Gasteiger partial charge in [-0.25, -0.2) is 0 Å². The molecule has 2 aromatic rings. The summed E-state index contributed by atoms with van der Waals surface area (Å²) >= 11 is 0. The van der Waals surface area contributed by atoms with Crippen molar-refractivity contribution in [1.82, 2.24) is 14.8 Å². The minimum absolute atomic E-state index is 0.156. The Hall–Kier alpha value is -1.81. The maximum absolute atomic E-state index is 12.7. The Balaban J connectivity index is 1.95. The molecule has 3 rings (SSSR count).